The van der Waals surface area contributed by atoms with Crippen molar-refractivity contribution in [1.82, 2.24) is 19.9 Å². The minimum absolute atomic E-state index is 0. The molecule has 0 saturated carbocycles. The molecule has 5 heterocycles. The van der Waals surface area contributed by atoms with Gasteiger partial charge in [-0.05, 0) is 43.2 Å². The monoisotopic (exact) mass is 710 g/mol. The van der Waals surface area contributed by atoms with Gasteiger partial charge in [-0.15, -0.1) is 0 Å². The maximum absolute atomic E-state index is 10.3. The molecule has 0 atom stereocenters. The topological polar surface area (TPSA) is 181 Å². The summed E-state index contributed by atoms with van der Waals surface area (Å²) in [5.74, 6) is 2.89. The summed E-state index contributed by atoms with van der Waals surface area (Å²) < 4.78 is 24.6. The molecule has 1 saturated heterocycles. The standard InChI is InChI=1S/C7H10N2O.C7H9NO2.C7H7NO2.C6H7NO.C4H8O.CH4O.3CH4.B.Na.H/c1-10-7-2-3-9-5-6(7)4-8;2*1-10-7-2-3-8-4-6(7)5-9;1-8-6-2-4-7-5-3-6;1-2-4-5-3-1;1-2;;;;;;/h2-3,5H,4,8H2,1H3;2-4,9H,5H2,1H3;2-5H,1H3;2-5H,1H3;1-4H2;2H,1H3;3*1H4;;;/q;;;;;;;;;;+1;-1. The number of hydrogen-bond donors (Lipinski definition) is 3. The zero-order valence-corrected chi connectivity index (χ0v) is 30.1. The van der Waals surface area contributed by atoms with E-state index in [4.69, 9.17) is 39.6 Å². The molecular formula is C35H58BN5NaO8. The van der Waals surface area contributed by atoms with Gasteiger partial charge in [-0.3, -0.25) is 24.7 Å². The Morgan fingerprint density at radius 2 is 1.14 bits per heavy atom. The van der Waals surface area contributed by atoms with E-state index in [0.717, 1.165) is 37.4 Å². The number of nitrogens with zero attached hydrogens (tertiary/aromatic N) is 4. The number of methoxy groups -OCH3 is 4. The molecule has 1 aliphatic rings. The predicted molar refractivity (Wildman–Crippen MR) is 198 cm³/mol. The molecule has 0 spiro atoms. The van der Waals surface area contributed by atoms with E-state index in [1.54, 1.807) is 95.0 Å². The molecule has 0 unspecified atom stereocenters. The Morgan fingerprint density at radius 1 is 0.720 bits per heavy atom. The van der Waals surface area contributed by atoms with Crippen LogP contribution in [0.1, 0.15) is 58.0 Å². The van der Waals surface area contributed by atoms with Gasteiger partial charge in [0.15, 0.2) is 6.29 Å². The molecule has 0 aromatic carbocycles. The van der Waals surface area contributed by atoms with Crippen LogP contribution in [0.2, 0.25) is 0 Å². The van der Waals surface area contributed by atoms with E-state index in [9.17, 15) is 4.79 Å². The van der Waals surface area contributed by atoms with Crippen molar-refractivity contribution in [2.45, 2.75) is 48.3 Å². The van der Waals surface area contributed by atoms with Crippen LogP contribution in [0.25, 0.3) is 0 Å². The van der Waals surface area contributed by atoms with Crippen LogP contribution >= 0.6 is 0 Å². The van der Waals surface area contributed by atoms with Gasteiger partial charge in [-0.25, -0.2) is 0 Å². The van der Waals surface area contributed by atoms with Crippen molar-refractivity contribution in [1.29, 1.82) is 0 Å². The van der Waals surface area contributed by atoms with Crippen molar-refractivity contribution in [2.24, 2.45) is 5.73 Å². The number of aliphatic hydroxyl groups is 2. The Labute approximate surface area is 325 Å². The van der Waals surface area contributed by atoms with Crippen molar-refractivity contribution in [3.63, 3.8) is 0 Å². The Hall–Kier alpha value is -3.63. The van der Waals surface area contributed by atoms with E-state index >= 15 is 0 Å². The minimum atomic E-state index is -0.0307. The van der Waals surface area contributed by atoms with Crippen LogP contribution < -0.4 is 54.2 Å². The predicted octanol–water partition coefficient (Wildman–Crippen LogP) is 2.17. The average molecular weight is 711 g/mol. The number of carbonyl (C=O) groups is 1. The zero-order valence-electron chi connectivity index (χ0n) is 29.1. The number of aldehydes is 1. The third-order valence-corrected chi connectivity index (χ3v) is 5.42. The van der Waals surface area contributed by atoms with Crippen molar-refractivity contribution < 1.29 is 69.7 Å². The van der Waals surface area contributed by atoms with Gasteiger partial charge in [0, 0.05) is 96.0 Å². The smallest absolute Gasteiger partial charge is 1.00 e. The van der Waals surface area contributed by atoms with Gasteiger partial charge in [-0.2, -0.15) is 0 Å². The second kappa shape index (κ2) is 41.5. The van der Waals surface area contributed by atoms with Crippen LogP contribution in [0.5, 0.6) is 23.0 Å². The molecule has 15 heteroatoms. The van der Waals surface area contributed by atoms with E-state index in [1.807, 2.05) is 0 Å². The van der Waals surface area contributed by atoms with E-state index in [1.165, 1.54) is 26.1 Å². The number of rotatable bonds is 7. The van der Waals surface area contributed by atoms with E-state index in [2.05, 4.69) is 19.9 Å². The average Bonchev–Trinajstić information content (AvgIpc) is 3.74. The van der Waals surface area contributed by atoms with Crippen LogP contribution in [0.15, 0.2) is 79.9 Å². The van der Waals surface area contributed by atoms with Gasteiger partial charge in [0.05, 0.1) is 40.6 Å². The Morgan fingerprint density at radius 3 is 1.44 bits per heavy atom. The Balaban J connectivity index is -0.0000000921. The van der Waals surface area contributed by atoms with E-state index < -0.39 is 0 Å². The third-order valence-electron chi connectivity index (χ3n) is 5.42. The van der Waals surface area contributed by atoms with Crippen molar-refractivity contribution in [3.05, 3.63) is 96.6 Å². The SMILES string of the molecule is C.C.C.C1CCOC1.CO.COc1ccncc1.COc1ccncc1C=O.COc1ccncc1CN.COc1ccncc1CO.[B].[H-].[Na+]. The fourth-order valence-electron chi connectivity index (χ4n) is 3.15. The minimum Gasteiger partial charge on any atom is -1.00 e. The summed E-state index contributed by atoms with van der Waals surface area (Å²) in [6.45, 7) is 2.44. The second-order valence-electron chi connectivity index (χ2n) is 8.18. The first-order chi connectivity index (χ1) is 22.1. The van der Waals surface area contributed by atoms with Crippen molar-refractivity contribution in [3.8, 4) is 23.0 Å². The zero-order chi connectivity index (χ0) is 33.5. The van der Waals surface area contributed by atoms with Crippen LogP contribution in [0.3, 0.4) is 0 Å². The summed E-state index contributed by atoms with van der Waals surface area (Å²) in [5, 5.41) is 15.7. The molecule has 4 N–H and O–H groups in total. The molecule has 4 aromatic heterocycles. The molecule has 1 fully saturated rings. The van der Waals surface area contributed by atoms with Crippen LogP contribution in [-0.2, 0) is 17.9 Å². The fraction of sp³-hybridized carbons (Fsp3) is 0.400. The number of pyridine rings is 4. The van der Waals surface area contributed by atoms with Crippen LogP contribution in [-0.4, -0.2) is 93.6 Å². The van der Waals surface area contributed by atoms with Crippen LogP contribution in [0.4, 0.5) is 0 Å². The molecule has 0 amide bonds. The molecule has 0 bridgehead atoms. The number of carbonyl (C=O) groups excluding carboxylic acids is 1. The normalized spacial score (nSPS) is 9.44. The molecule has 1 aliphatic heterocycles. The first kappa shape index (κ1) is 58.6. The summed E-state index contributed by atoms with van der Waals surface area (Å²) in [7, 11) is 7.33. The number of hydrogen-bond acceptors (Lipinski definition) is 13. The molecule has 5 rings (SSSR count). The Bertz CT molecular complexity index is 1190. The quantitative estimate of drug-likeness (QED) is 0.188. The number of aliphatic hydroxyl groups excluding tert-OH is 2. The van der Waals surface area contributed by atoms with Gasteiger partial charge < -0.3 is 41.1 Å². The molecule has 4 aromatic rings. The Kier molecular flexibility index (Phi) is 48.7. The molecule has 275 valence electrons. The van der Waals surface area contributed by atoms with Crippen molar-refractivity contribution in [2.75, 3.05) is 48.8 Å². The molecule has 0 aliphatic carbocycles. The van der Waals surface area contributed by atoms with Gasteiger partial charge in [0.2, 0.25) is 0 Å². The van der Waals surface area contributed by atoms with E-state index in [-0.39, 0.29) is 68.3 Å². The summed E-state index contributed by atoms with van der Waals surface area (Å²) in [6, 6.07) is 8.76. The summed E-state index contributed by atoms with van der Waals surface area (Å²) in [4.78, 5) is 25.6. The van der Waals surface area contributed by atoms with Gasteiger partial charge >= 0.3 is 29.6 Å². The van der Waals surface area contributed by atoms with Crippen molar-refractivity contribution >= 4 is 14.7 Å². The largest absolute Gasteiger partial charge is 1.00 e. The first-order valence-electron chi connectivity index (χ1n) is 13.7. The fourth-order valence-corrected chi connectivity index (χ4v) is 3.15. The molecule has 3 radical (unpaired) electrons. The summed E-state index contributed by atoms with van der Waals surface area (Å²) in [5.41, 5.74) is 7.53. The molecule has 50 heavy (non-hydrogen) atoms. The molecular weight excluding hydrogens is 652 g/mol. The maximum Gasteiger partial charge on any atom is 1.00 e. The summed E-state index contributed by atoms with van der Waals surface area (Å²) >= 11 is 0. The molecule has 13 nitrogen and oxygen atoms in total. The van der Waals surface area contributed by atoms with Gasteiger partial charge in [0.25, 0.3) is 0 Å². The van der Waals surface area contributed by atoms with E-state index in [0.29, 0.717) is 35.5 Å². The second-order valence-corrected chi connectivity index (χ2v) is 8.18. The number of ether oxygens (including phenoxy) is 5. The maximum atomic E-state index is 10.3. The van der Waals surface area contributed by atoms with Gasteiger partial charge in [0.1, 0.15) is 23.0 Å². The third kappa shape index (κ3) is 26.3. The summed E-state index contributed by atoms with van der Waals surface area (Å²) in [6.07, 6.45) is 16.3. The number of aromatic nitrogens is 4. The van der Waals surface area contributed by atoms with Crippen LogP contribution in [0, 0.1) is 0 Å². The first-order valence-corrected chi connectivity index (χ1v) is 13.7. The number of nitrogens with two attached hydrogens (primary N) is 1. The van der Waals surface area contributed by atoms with Gasteiger partial charge in [-0.1, -0.05) is 22.3 Å².